The Labute approximate surface area is 130 Å². The number of aromatic nitrogens is 3. The van der Waals surface area contributed by atoms with E-state index in [1.165, 1.54) is 29.5 Å². The largest absolute Gasteiger partial charge is 0.465 e. The second-order valence-corrected chi connectivity index (χ2v) is 7.52. The Morgan fingerprint density at radius 2 is 2.29 bits per heavy atom. The number of nitrogens with zero attached hydrogens (tertiary/aromatic N) is 3. The van der Waals surface area contributed by atoms with E-state index in [2.05, 4.69) is 32.3 Å². The number of hydrogen-bond acceptors (Lipinski definition) is 6. The van der Waals surface area contributed by atoms with E-state index in [0.717, 1.165) is 23.8 Å². The van der Waals surface area contributed by atoms with Gasteiger partial charge in [0.05, 0.1) is 6.61 Å². The fraction of sp³-hybridized carbons (Fsp3) is 0.500. The maximum atomic E-state index is 11.6. The first-order chi connectivity index (χ1) is 10.3. The van der Waals surface area contributed by atoms with Crippen molar-refractivity contribution in [1.29, 1.82) is 0 Å². The molecule has 5 nitrogen and oxygen atoms in total. The third kappa shape index (κ3) is 2.72. The van der Waals surface area contributed by atoms with Crippen molar-refractivity contribution < 1.29 is 9.53 Å². The van der Waals surface area contributed by atoms with Crippen molar-refractivity contribution in [3.63, 3.8) is 0 Å². The van der Waals surface area contributed by atoms with Crippen LogP contribution in [-0.4, -0.2) is 32.6 Å². The number of hydrogen-bond donors (Lipinski definition) is 0. The van der Waals surface area contributed by atoms with Crippen LogP contribution in [-0.2, 0) is 16.0 Å². The molecule has 1 atom stereocenters. The predicted octanol–water partition coefficient (Wildman–Crippen LogP) is 2.67. The van der Waals surface area contributed by atoms with E-state index < -0.39 is 0 Å². The highest BCUT2D eigenvalue weighted by atomic mass is 32.2. The number of cyclic esters (lactones) is 1. The lowest BCUT2D eigenvalue weighted by atomic mass is 10.3. The molecule has 4 rings (SSSR count). The van der Waals surface area contributed by atoms with Gasteiger partial charge < -0.3 is 9.30 Å². The van der Waals surface area contributed by atoms with Crippen LogP contribution in [0.1, 0.15) is 36.0 Å². The molecule has 3 heterocycles. The van der Waals surface area contributed by atoms with E-state index in [9.17, 15) is 4.79 Å². The average Bonchev–Trinajstić information content (AvgIpc) is 2.87. The smallest absolute Gasteiger partial charge is 0.319 e. The van der Waals surface area contributed by atoms with E-state index >= 15 is 0 Å². The van der Waals surface area contributed by atoms with Gasteiger partial charge in [-0.2, -0.15) is 0 Å². The van der Waals surface area contributed by atoms with E-state index in [1.807, 2.05) is 0 Å². The molecule has 0 bridgehead atoms. The van der Waals surface area contributed by atoms with Gasteiger partial charge >= 0.3 is 5.97 Å². The Kier molecular flexibility index (Phi) is 3.46. The number of rotatable bonds is 5. The molecular formula is C14H15N3O2S2. The summed E-state index contributed by atoms with van der Waals surface area (Å²) in [6.07, 6.45) is 3.94. The zero-order valence-corrected chi connectivity index (χ0v) is 13.0. The summed E-state index contributed by atoms with van der Waals surface area (Å²) >= 11 is 3.25. The molecule has 0 unspecified atom stereocenters. The summed E-state index contributed by atoms with van der Waals surface area (Å²) in [5.41, 5.74) is 0. The molecule has 0 amide bonds. The molecule has 2 aromatic rings. The minimum atomic E-state index is -0.124. The monoisotopic (exact) mass is 321 g/mol. The summed E-state index contributed by atoms with van der Waals surface area (Å²) in [5.74, 6) is 0.888. The van der Waals surface area contributed by atoms with Gasteiger partial charge in [0.15, 0.2) is 5.16 Å². The van der Waals surface area contributed by atoms with Crippen LogP contribution in [0.3, 0.4) is 0 Å². The van der Waals surface area contributed by atoms with Gasteiger partial charge in [-0.3, -0.25) is 4.79 Å². The summed E-state index contributed by atoms with van der Waals surface area (Å²) in [6.45, 7) is 0.524. The molecule has 0 radical (unpaired) electrons. The quantitative estimate of drug-likeness (QED) is 0.793. The fourth-order valence-corrected chi connectivity index (χ4v) is 4.28. The van der Waals surface area contributed by atoms with Gasteiger partial charge in [-0.25, -0.2) is 0 Å². The maximum Gasteiger partial charge on any atom is 0.319 e. The summed E-state index contributed by atoms with van der Waals surface area (Å²) in [4.78, 5) is 12.9. The molecule has 7 heteroatoms. The molecule has 21 heavy (non-hydrogen) atoms. The van der Waals surface area contributed by atoms with Gasteiger partial charge in [-0.05, 0) is 24.3 Å². The summed E-state index contributed by atoms with van der Waals surface area (Å²) in [6, 6.07) is 4.69. The number of ether oxygens (including phenoxy) is 1. The summed E-state index contributed by atoms with van der Waals surface area (Å²) < 4.78 is 7.26. The second kappa shape index (κ2) is 5.46. The van der Waals surface area contributed by atoms with E-state index in [0.29, 0.717) is 12.6 Å². The van der Waals surface area contributed by atoms with Crippen molar-refractivity contribution in [3.05, 3.63) is 28.2 Å². The van der Waals surface area contributed by atoms with Crippen molar-refractivity contribution in [1.82, 2.24) is 14.8 Å². The van der Waals surface area contributed by atoms with E-state index in [4.69, 9.17) is 4.74 Å². The number of esters is 1. The Bertz CT molecular complexity index is 649. The Hall–Kier alpha value is -1.34. The number of thioether (sulfide) groups is 1. The highest BCUT2D eigenvalue weighted by molar-refractivity contribution is 8.00. The standard InChI is InChI=1S/C14H15N3O2S2/c18-13-11(5-6-19-13)21-14-16-15-12(17(14)9-3-4-9)8-10-2-1-7-20-10/h1-2,7,9,11H,3-6,8H2/t11-/m0/s1. The first-order valence-corrected chi connectivity index (χ1v) is 8.86. The highest BCUT2D eigenvalue weighted by Crippen LogP contribution is 2.40. The molecule has 1 saturated heterocycles. The van der Waals surface area contributed by atoms with Crippen molar-refractivity contribution in [2.24, 2.45) is 0 Å². The van der Waals surface area contributed by atoms with Gasteiger partial charge in [0.25, 0.3) is 0 Å². The van der Waals surface area contributed by atoms with Crippen molar-refractivity contribution >= 4 is 29.1 Å². The van der Waals surface area contributed by atoms with Gasteiger partial charge in [0.2, 0.25) is 0 Å². The average molecular weight is 321 g/mol. The van der Waals surface area contributed by atoms with Crippen LogP contribution in [0.5, 0.6) is 0 Å². The van der Waals surface area contributed by atoms with E-state index in [-0.39, 0.29) is 11.2 Å². The minimum Gasteiger partial charge on any atom is -0.465 e. The molecule has 0 aromatic carbocycles. The fourth-order valence-electron chi connectivity index (χ4n) is 2.49. The minimum absolute atomic E-state index is 0.120. The van der Waals surface area contributed by atoms with E-state index in [1.54, 1.807) is 11.3 Å². The molecule has 2 aliphatic rings. The molecule has 0 spiro atoms. The first kappa shape index (κ1) is 13.3. The van der Waals surface area contributed by atoms with Crippen molar-refractivity contribution in [2.45, 2.75) is 42.1 Å². The number of carbonyl (C=O) groups excluding carboxylic acids is 1. The third-order valence-electron chi connectivity index (χ3n) is 3.69. The molecule has 1 aliphatic heterocycles. The van der Waals surface area contributed by atoms with Crippen molar-refractivity contribution in [2.75, 3.05) is 6.61 Å². The lowest BCUT2D eigenvalue weighted by Gasteiger charge is -2.09. The second-order valence-electron chi connectivity index (χ2n) is 5.32. The van der Waals surface area contributed by atoms with Gasteiger partial charge in [0.1, 0.15) is 11.1 Å². The zero-order valence-electron chi connectivity index (χ0n) is 11.4. The van der Waals surface area contributed by atoms with Gasteiger partial charge in [-0.1, -0.05) is 17.8 Å². The Morgan fingerprint density at radius 3 is 2.95 bits per heavy atom. The van der Waals surface area contributed by atoms with Crippen LogP contribution < -0.4 is 0 Å². The normalized spacial score (nSPS) is 21.7. The molecule has 2 fully saturated rings. The SMILES string of the molecule is O=C1OCC[C@@H]1Sc1nnc(Cc2cccs2)n1C1CC1. The first-order valence-electron chi connectivity index (χ1n) is 7.11. The van der Waals surface area contributed by atoms with Crippen LogP contribution in [0.4, 0.5) is 0 Å². The third-order valence-corrected chi connectivity index (χ3v) is 5.77. The Morgan fingerprint density at radius 1 is 1.38 bits per heavy atom. The molecule has 2 aromatic heterocycles. The van der Waals surface area contributed by atoms with Crippen LogP contribution >= 0.6 is 23.1 Å². The summed E-state index contributed by atoms with van der Waals surface area (Å²) in [7, 11) is 0. The van der Waals surface area contributed by atoms with Gasteiger partial charge in [0, 0.05) is 23.8 Å². The van der Waals surface area contributed by atoms with Crippen LogP contribution in [0.15, 0.2) is 22.7 Å². The van der Waals surface area contributed by atoms with Crippen LogP contribution in [0.2, 0.25) is 0 Å². The number of thiophene rings is 1. The number of carbonyl (C=O) groups is 1. The molecule has 1 aliphatic carbocycles. The molecule has 110 valence electrons. The van der Waals surface area contributed by atoms with Crippen molar-refractivity contribution in [3.8, 4) is 0 Å². The Balaban J connectivity index is 1.59. The molecular weight excluding hydrogens is 306 g/mol. The predicted molar refractivity (Wildman–Crippen MR) is 80.6 cm³/mol. The lowest BCUT2D eigenvalue weighted by molar-refractivity contribution is -0.137. The lowest BCUT2D eigenvalue weighted by Crippen LogP contribution is -2.12. The molecule has 1 saturated carbocycles. The maximum absolute atomic E-state index is 11.6. The topological polar surface area (TPSA) is 57.0 Å². The van der Waals surface area contributed by atoms with Crippen LogP contribution in [0.25, 0.3) is 0 Å². The zero-order chi connectivity index (χ0) is 14.2. The van der Waals surface area contributed by atoms with Gasteiger partial charge in [-0.15, -0.1) is 21.5 Å². The molecule has 0 N–H and O–H groups in total. The highest BCUT2D eigenvalue weighted by Gasteiger charge is 2.34. The summed E-state index contributed by atoms with van der Waals surface area (Å²) in [5, 5.41) is 11.5. The van der Waals surface area contributed by atoms with Crippen LogP contribution in [0, 0.1) is 0 Å².